The number of halogens is 2. The fourth-order valence-electron chi connectivity index (χ4n) is 1.39. The van der Waals surface area contributed by atoms with Gasteiger partial charge in [-0.3, -0.25) is 0 Å². The lowest BCUT2D eigenvalue weighted by Crippen LogP contribution is -1.96. The number of hydrogen-bond donors (Lipinski definition) is 2. The molecule has 0 saturated heterocycles. The molecule has 0 spiro atoms. The first-order valence-corrected chi connectivity index (χ1v) is 5.84. The van der Waals surface area contributed by atoms with Gasteiger partial charge < -0.3 is 10.6 Å². The molecule has 88 valence electrons. The average Bonchev–Trinajstić information content (AvgIpc) is 2.34. The Morgan fingerprint density at radius 2 is 2.06 bits per heavy atom. The Labute approximate surface area is 107 Å². The van der Waals surface area contributed by atoms with Crippen molar-refractivity contribution < 1.29 is 4.39 Å². The molecule has 0 bridgehead atoms. The second kappa shape index (κ2) is 5.14. The standard InChI is InChI=1S/C12H11BrFN3/c1-15-12-7-9(4-5-16-12)17-11-6-8(13)2-3-10(11)14/h2-7H,1H3,(H2,15,16,17). The number of aromatic nitrogens is 1. The van der Waals surface area contributed by atoms with E-state index in [9.17, 15) is 4.39 Å². The topological polar surface area (TPSA) is 37.0 Å². The lowest BCUT2D eigenvalue weighted by atomic mass is 10.3. The summed E-state index contributed by atoms with van der Waals surface area (Å²) in [6.45, 7) is 0. The van der Waals surface area contributed by atoms with Gasteiger partial charge in [-0.05, 0) is 24.3 Å². The van der Waals surface area contributed by atoms with E-state index in [1.54, 1.807) is 37.5 Å². The molecule has 1 aromatic heterocycles. The van der Waals surface area contributed by atoms with E-state index in [0.717, 1.165) is 16.0 Å². The van der Waals surface area contributed by atoms with Gasteiger partial charge in [-0.1, -0.05) is 15.9 Å². The van der Waals surface area contributed by atoms with E-state index in [0.29, 0.717) is 5.69 Å². The molecule has 2 rings (SSSR count). The van der Waals surface area contributed by atoms with Crippen molar-refractivity contribution in [1.82, 2.24) is 4.98 Å². The van der Waals surface area contributed by atoms with Gasteiger partial charge in [0, 0.05) is 29.5 Å². The first kappa shape index (κ1) is 11.9. The van der Waals surface area contributed by atoms with Crippen LogP contribution in [0.15, 0.2) is 41.0 Å². The van der Waals surface area contributed by atoms with Gasteiger partial charge in [-0.25, -0.2) is 9.37 Å². The van der Waals surface area contributed by atoms with Crippen LogP contribution in [0.5, 0.6) is 0 Å². The van der Waals surface area contributed by atoms with Crippen molar-refractivity contribution in [3.05, 3.63) is 46.8 Å². The van der Waals surface area contributed by atoms with Crippen LogP contribution in [0.4, 0.5) is 21.6 Å². The first-order valence-electron chi connectivity index (χ1n) is 5.05. The number of benzene rings is 1. The van der Waals surface area contributed by atoms with E-state index in [1.165, 1.54) is 6.07 Å². The summed E-state index contributed by atoms with van der Waals surface area (Å²) in [5, 5.41) is 5.93. The molecule has 2 aromatic rings. The van der Waals surface area contributed by atoms with E-state index in [4.69, 9.17) is 0 Å². The van der Waals surface area contributed by atoms with E-state index in [2.05, 4.69) is 31.5 Å². The maximum absolute atomic E-state index is 13.5. The lowest BCUT2D eigenvalue weighted by Gasteiger charge is -2.09. The first-order chi connectivity index (χ1) is 8.19. The predicted molar refractivity (Wildman–Crippen MR) is 71.2 cm³/mol. The minimum atomic E-state index is -0.295. The van der Waals surface area contributed by atoms with E-state index < -0.39 is 0 Å². The molecule has 0 unspecified atom stereocenters. The van der Waals surface area contributed by atoms with Gasteiger partial charge in [-0.15, -0.1) is 0 Å². The smallest absolute Gasteiger partial charge is 0.146 e. The van der Waals surface area contributed by atoms with Gasteiger partial charge in [0.2, 0.25) is 0 Å². The van der Waals surface area contributed by atoms with Crippen molar-refractivity contribution in [1.29, 1.82) is 0 Å². The highest BCUT2D eigenvalue weighted by atomic mass is 79.9. The van der Waals surface area contributed by atoms with Crippen LogP contribution in [0, 0.1) is 5.82 Å². The molecular weight excluding hydrogens is 285 g/mol. The zero-order valence-electron chi connectivity index (χ0n) is 9.17. The Kier molecular flexibility index (Phi) is 3.58. The second-order valence-corrected chi connectivity index (χ2v) is 4.34. The summed E-state index contributed by atoms with van der Waals surface area (Å²) in [6, 6.07) is 8.34. The lowest BCUT2D eigenvalue weighted by molar-refractivity contribution is 0.631. The third-order valence-corrected chi connectivity index (χ3v) is 2.72. The van der Waals surface area contributed by atoms with Crippen LogP contribution < -0.4 is 10.6 Å². The third kappa shape index (κ3) is 2.94. The van der Waals surface area contributed by atoms with Crippen molar-refractivity contribution in [3.8, 4) is 0 Å². The molecule has 0 radical (unpaired) electrons. The van der Waals surface area contributed by atoms with Crippen molar-refractivity contribution in [2.75, 3.05) is 17.7 Å². The molecule has 0 amide bonds. The van der Waals surface area contributed by atoms with Crippen LogP contribution in [0.25, 0.3) is 0 Å². The molecule has 1 aromatic carbocycles. The quantitative estimate of drug-likeness (QED) is 0.905. The molecule has 0 aliphatic rings. The van der Waals surface area contributed by atoms with Gasteiger partial charge in [-0.2, -0.15) is 0 Å². The van der Waals surface area contributed by atoms with E-state index >= 15 is 0 Å². The van der Waals surface area contributed by atoms with E-state index in [1.807, 2.05) is 0 Å². The summed E-state index contributed by atoms with van der Waals surface area (Å²) >= 11 is 3.31. The maximum atomic E-state index is 13.5. The zero-order chi connectivity index (χ0) is 12.3. The fraction of sp³-hybridized carbons (Fsp3) is 0.0833. The van der Waals surface area contributed by atoms with Crippen LogP contribution in [0.2, 0.25) is 0 Å². The van der Waals surface area contributed by atoms with Gasteiger partial charge in [0.15, 0.2) is 0 Å². The molecule has 17 heavy (non-hydrogen) atoms. The SMILES string of the molecule is CNc1cc(Nc2cc(Br)ccc2F)ccn1. The Morgan fingerprint density at radius 3 is 2.82 bits per heavy atom. The molecule has 2 N–H and O–H groups in total. The number of nitrogens with zero attached hydrogens (tertiary/aromatic N) is 1. The number of hydrogen-bond acceptors (Lipinski definition) is 3. The van der Waals surface area contributed by atoms with Crippen LogP contribution in [-0.2, 0) is 0 Å². The highest BCUT2D eigenvalue weighted by molar-refractivity contribution is 9.10. The number of rotatable bonds is 3. The summed E-state index contributed by atoms with van der Waals surface area (Å²) in [6.07, 6.45) is 1.66. The van der Waals surface area contributed by atoms with Gasteiger partial charge in [0.1, 0.15) is 11.6 Å². The molecule has 0 fully saturated rings. The predicted octanol–water partition coefficient (Wildman–Crippen LogP) is 3.77. The zero-order valence-corrected chi connectivity index (χ0v) is 10.8. The van der Waals surface area contributed by atoms with Gasteiger partial charge in [0.05, 0.1) is 5.69 Å². The molecule has 5 heteroatoms. The summed E-state index contributed by atoms with van der Waals surface area (Å²) in [5.74, 6) is 0.432. The fourth-order valence-corrected chi connectivity index (χ4v) is 1.75. The molecule has 0 aliphatic heterocycles. The van der Waals surface area contributed by atoms with Crippen molar-refractivity contribution in [2.24, 2.45) is 0 Å². The minimum Gasteiger partial charge on any atom is -0.373 e. The number of pyridine rings is 1. The van der Waals surface area contributed by atoms with Gasteiger partial charge in [0.25, 0.3) is 0 Å². The Morgan fingerprint density at radius 1 is 1.24 bits per heavy atom. The minimum absolute atomic E-state index is 0.295. The van der Waals surface area contributed by atoms with Gasteiger partial charge >= 0.3 is 0 Å². The van der Waals surface area contributed by atoms with Crippen molar-refractivity contribution in [2.45, 2.75) is 0 Å². The summed E-state index contributed by atoms with van der Waals surface area (Å²) in [4.78, 5) is 4.09. The molecule has 0 aliphatic carbocycles. The Balaban J connectivity index is 2.27. The number of nitrogens with one attached hydrogen (secondary N) is 2. The molecule has 3 nitrogen and oxygen atoms in total. The Bertz CT molecular complexity index is 531. The van der Waals surface area contributed by atoms with Crippen LogP contribution >= 0.6 is 15.9 Å². The van der Waals surface area contributed by atoms with E-state index in [-0.39, 0.29) is 5.82 Å². The highest BCUT2D eigenvalue weighted by Crippen LogP contribution is 2.24. The third-order valence-electron chi connectivity index (χ3n) is 2.22. The molecule has 0 atom stereocenters. The Hall–Kier alpha value is -1.62. The van der Waals surface area contributed by atoms with Crippen LogP contribution in [0.3, 0.4) is 0 Å². The number of anilines is 3. The monoisotopic (exact) mass is 295 g/mol. The van der Waals surface area contributed by atoms with Crippen LogP contribution in [0.1, 0.15) is 0 Å². The molecule has 1 heterocycles. The highest BCUT2D eigenvalue weighted by Gasteiger charge is 2.03. The van der Waals surface area contributed by atoms with Crippen LogP contribution in [-0.4, -0.2) is 12.0 Å². The normalized spacial score (nSPS) is 10.1. The summed E-state index contributed by atoms with van der Waals surface area (Å²) in [7, 11) is 1.78. The summed E-state index contributed by atoms with van der Waals surface area (Å²) in [5.41, 5.74) is 1.20. The summed E-state index contributed by atoms with van der Waals surface area (Å²) < 4.78 is 14.3. The van der Waals surface area contributed by atoms with Crippen molar-refractivity contribution >= 4 is 33.1 Å². The average molecular weight is 296 g/mol. The maximum Gasteiger partial charge on any atom is 0.146 e. The van der Waals surface area contributed by atoms with Crippen molar-refractivity contribution in [3.63, 3.8) is 0 Å². The largest absolute Gasteiger partial charge is 0.373 e. The second-order valence-electron chi connectivity index (χ2n) is 3.43. The molecular formula is C12H11BrFN3. The molecule has 0 saturated carbocycles.